The van der Waals surface area contributed by atoms with Crippen LogP contribution in [0.25, 0.3) is 0 Å². The van der Waals surface area contributed by atoms with Gasteiger partial charge >= 0.3 is 0 Å². The zero-order valence-electron chi connectivity index (χ0n) is 10.4. The second kappa shape index (κ2) is 4.29. The number of rotatable bonds is 4. The Balaban J connectivity index is 2.29. The minimum atomic E-state index is -3.81. The van der Waals surface area contributed by atoms with Crippen molar-refractivity contribution < 1.29 is 12.8 Å². The van der Waals surface area contributed by atoms with Crippen LogP contribution in [0.1, 0.15) is 25.8 Å². The smallest absolute Gasteiger partial charge is 0.243 e. The Kier molecular flexibility index (Phi) is 3.21. The summed E-state index contributed by atoms with van der Waals surface area (Å²) in [5.74, 6) is -0.752. The highest BCUT2D eigenvalue weighted by molar-refractivity contribution is 7.89. The van der Waals surface area contributed by atoms with Gasteiger partial charge in [-0.2, -0.15) is 0 Å². The summed E-state index contributed by atoms with van der Waals surface area (Å²) in [7, 11) is -3.81. The molecule has 2 rings (SSSR count). The molecule has 1 unspecified atom stereocenters. The maximum atomic E-state index is 13.6. The van der Waals surface area contributed by atoms with Crippen molar-refractivity contribution in [3.8, 4) is 0 Å². The second-order valence-corrected chi connectivity index (χ2v) is 7.02. The third kappa shape index (κ3) is 2.55. The molecule has 0 heterocycles. The molecule has 1 aliphatic rings. The van der Waals surface area contributed by atoms with Crippen molar-refractivity contribution in [3.63, 3.8) is 0 Å². The number of nitrogens with one attached hydrogen (secondary N) is 1. The Morgan fingerprint density at radius 3 is 2.61 bits per heavy atom. The lowest BCUT2D eigenvalue weighted by molar-refractivity contribution is 0.540. The molecule has 0 saturated heterocycles. The summed E-state index contributed by atoms with van der Waals surface area (Å²) in [6, 6.07) is 3.78. The molecule has 1 fully saturated rings. The van der Waals surface area contributed by atoms with Gasteiger partial charge in [0.2, 0.25) is 10.0 Å². The first kappa shape index (κ1) is 13.5. The summed E-state index contributed by atoms with van der Waals surface area (Å²) in [6.45, 7) is 4.11. The molecule has 4 nitrogen and oxygen atoms in total. The molecule has 1 aromatic rings. The van der Waals surface area contributed by atoms with E-state index < -0.39 is 15.8 Å². The molecule has 0 aliphatic heterocycles. The van der Waals surface area contributed by atoms with Crippen LogP contribution in [0.15, 0.2) is 23.1 Å². The first-order valence-electron chi connectivity index (χ1n) is 5.77. The van der Waals surface area contributed by atoms with Crippen LogP contribution in [0.5, 0.6) is 0 Å². The molecular weight excluding hydrogens is 255 g/mol. The maximum Gasteiger partial charge on any atom is 0.243 e. The summed E-state index contributed by atoms with van der Waals surface area (Å²) in [4.78, 5) is -0.326. The molecule has 0 bridgehead atoms. The minimum Gasteiger partial charge on any atom is -0.326 e. The Morgan fingerprint density at radius 1 is 1.50 bits per heavy atom. The van der Waals surface area contributed by atoms with Gasteiger partial charge in [-0.1, -0.05) is 19.9 Å². The topological polar surface area (TPSA) is 72.2 Å². The van der Waals surface area contributed by atoms with Crippen molar-refractivity contribution in [3.05, 3.63) is 29.6 Å². The minimum absolute atomic E-state index is 0.0466. The third-order valence-corrected chi connectivity index (χ3v) is 4.82. The van der Waals surface area contributed by atoms with Crippen LogP contribution in [0, 0.1) is 11.2 Å². The van der Waals surface area contributed by atoms with Gasteiger partial charge in [0.1, 0.15) is 10.7 Å². The quantitative estimate of drug-likeness (QED) is 0.869. The van der Waals surface area contributed by atoms with Crippen molar-refractivity contribution in [1.29, 1.82) is 0 Å². The SMILES string of the molecule is CC1(C)CC1NS(=O)(=O)c1cc(CN)ccc1F. The molecule has 18 heavy (non-hydrogen) atoms. The number of nitrogens with two attached hydrogens (primary N) is 1. The normalized spacial score (nSPS) is 21.9. The van der Waals surface area contributed by atoms with E-state index in [4.69, 9.17) is 5.73 Å². The van der Waals surface area contributed by atoms with Gasteiger partial charge in [0.15, 0.2) is 0 Å². The van der Waals surface area contributed by atoms with Gasteiger partial charge in [0.05, 0.1) is 0 Å². The molecular formula is C12H17FN2O2S. The number of halogens is 1. The summed E-state index contributed by atoms with van der Waals surface area (Å²) < 4.78 is 40.3. The van der Waals surface area contributed by atoms with Crippen molar-refractivity contribution in [2.24, 2.45) is 11.1 Å². The molecule has 6 heteroatoms. The lowest BCUT2D eigenvalue weighted by atomic mass is 10.2. The van der Waals surface area contributed by atoms with E-state index >= 15 is 0 Å². The largest absolute Gasteiger partial charge is 0.326 e. The van der Waals surface area contributed by atoms with Crippen LogP contribution >= 0.6 is 0 Å². The molecule has 0 radical (unpaired) electrons. The summed E-state index contributed by atoms with van der Waals surface area (Å²) in [6.07, 6.45) is 0.768. The van der Waals surface area contributed by atoms with Crippen LogP contribution < -0.4 is 10.5 Å². The monoisotopic (exact) mass is 272 g/mol. The molecule has 1 aliphatic carbocycles. The highest BCUT2D eigenvalue weighted by Crippen LogP contribution is 2.45. The fourth-order valence-corrected chi connectivity index (χ4v) is 3.33. The van der Waals surface area contributed by atoms with E-state index in [-0.39, 0.29) is 22.9 Å². The molecule has 1 atom stereocenters. The third-order valence-electron chi connectivity index (χ3n) is 3.33. The number of hydrogen-bond donors (Lipinski definition) is 2. The molecule has 0 aromatic heterocycles. The number of benzene rings is 1. The Morgan fingerprint density at radius 2 is 2.11 bits per heavy atom. The van der Waals surface area contributed by atoms with E-state index in [1.807, 2.05) is 13.8 Å². The molecule has 1 aromatic carbocycles. The highest BCUT2D eigenvalue weighted by Gasteiger charge is 2.48. The van der Waals surface area contributed by atoms with Gasteiger partial charge in [0, 0.05) is 12.6 Å². The van der Waals surface area contributed by atoms with Gasteiger partial charge in [0.25, 0.3) is 0 Å². The fourth-order valence-electron chi connectivity index (χ4n) is 1.80. The van der Waals surface area contributed by atoms with Crippen molar-refractivity contribution in [1.82, 2.24) is 4.72 Å². The lowest BCUT2D eigenvalue weighted by Gasteiger charge is -2.10. The zero-order chi connectivity index (χ0) is 13.6. The van der Waals surface area contributed by atoms with E-state index in [0.29, 0.717) is 5.56 Å². The summed E-state index contributed by atoms with van der Waals surface area (Å²) in [5.41, 5.74) is 5.97. The standard InChI is InChI=1S/C12H17FN2O2S/c1-12(2)6-11(12)15-18(16,17)10-5-8(7-14)3-4-9(10)13/h3-5,11,15H,6-7,14H2,1-2H3. The van der Waals surface area contributed by atoms with Crippen LogP contribution in [-0.4, -0.2) is 14.5 Å². The molecule has 0 amide bonds. The van der Waals surface area contributed by atoms with Crippen molar-refractivity contribution in [2.45, 2.75) is 37.8 Å². The Labute approximate surface area is 106 Å². The average Bonchev–Trinajstić information content (AvgIpc) is 2.85. The summed E-state index contributed by atoms with van der Waals surface area (Å²) >= 11 is 0. The molecule has 100 valence electrons. The summed E-state index contributed by atoms with van der Waals surface area (Å²) in [5, 5.41) is 0. The van der Waals surface area contributed by atoms with Crippen LogP contribution in [0.2, 0.25) is 0 Å². The average molecular weight is 272 g/mol. The van der Waals surface area contributed by atoms with Crippen molar-refractivity contribution >= 4 is 10.0 Å². The Bertz CT molecular complexity index is 569. The van der Waals surface area contributed by atoms with Crippen LogP contribution in [-0.2, 0) is 16.6 Å². The van der Waals surface area contributed by atoms with Crippen LogP contribution in [0.3, 0.4) is 0 Å². The predicted molar refractivity (Wildman–Crippen MR) is 66.8 cm³/mol. The molecule has 1 saturated carbocycles. The first-order valence-corrected chi connectivity index (χ1v) is 7.25. The predicted octanol–water partition coefficient (Wildman–Crippen LogP) is 1.36. The second-order valence-electron chi connectivity index (χ2n) is 5.34. The van der Waals surface area contributed by atoms with Crippen LogP contribution in [0.4, 0.5) is 4.39 Å². The van der Waals surface area contributed by atoms with E-state index in [9.17, 15) is 12.8 Å². The Hall–Kier alpha value is -0.980. The van der Waals surface area contributed by atoms with Gasteiger partial charge in [-0.25, -0.2) is 17.5 Å². The molecule has 0 spiro atoms. The van der Waals surface area contributed by atoms with Gasteiger partial charge < -0.3 is 5.73 Å². The fraction of sp³-hybridized carbons (Fsp3) is 0.500. The van der Waals surface area contributed by atoms with E-state index in [1.54, 1.807) is 0 Å². The highest BCUT2D eigenvalue weighted by atomic mass is 32.2. The van der Waals surface area contributed by atoms with Gasteiger partial charge in [-0.05, 0) is 29.5 Å². The molecule has 3 N–H and O–H groups in total. The zero-order valence-corrected chi connectivity index (χ0v) is 11.2. The van der Waals surface area contributed by atoms with Crippen molar-refractivity contribution in [2.75, 3.05) is 0 Å². The number of sulfonamides is 1. The van der Waals surface area contributed by atoms with E-state index in [1.165, 1.54) is 12.1 Å². The van der Waals surface area contributed by atoms with E-state index in [2.05, 4.69) is 4.72 Å². The van der Waals surface area contributed by atoms with E-state index in [0.717, 1.165) is 12.5 Å². The first-order chi connectivity index (χ1) is 8.26. The number of hydrogen-bond acceptors (Lipinski definition) is 3. The maximum absolute atomic E-state index is 13.6. The lowest BCUT2D eigenvalue weighted by Crippen LogP contribution is -2.29. The van der Waals surface area contributed by atoms with Gasteiger partial charge in [-0.15, -0.1) is 0 Å². The van der Waals surface area contributed by atoms with Gasteiger partial charge in [-0.3, -0.25) is 0 Å².